The minimum Gasteiger partial charge on any atom is -0.393 e. The maximum absolute atomic E-state index is 14.6. The molecule has 29 heavy (non-hydrogen) atoms. The van der Waals surface area contributed by atoms with Crippen molar-refractivity contribution in [2.75, 3.05) is 36.0 Å². The normalized spacial score (nSPS) is 22.2. The first kappa shape index (κ1) is 24.1. The van der Waals surface area contributed by atoms with E-state index in [1.807, 2.05) is 17.9 Å². The van der Waals surface area contributed by atoms with Crippen molar-refractivity contribution in [3.05, 3.63) is 29.6 Å². The van der Waals surface area contributed by atoms with Crippen LogP contribution in [0, 0.1) is 5.82 Å². The molecule has 3 N–H and O–H groups in total. The largest absolute Gasteiger partial charge is 0.393 e. The summed E-state index contributed by atoms with van der Waals surface area (Å²) in [5.41, 5.74) is 1.30. The number of hydrogen-bond donors (Lipinski definition) is 3. The Morgan fingerprint density at radius 1 is 1.31 bits per heavy atom. The van der Waals surface area contributed by atoms with Crippen LogP contribution in [0.4, 0.5) is 10.1 Å². The number of sulfone groups is 1. The van der Waals surface area contributed by atoms with Crippen molar-refractivity contribution in [1.29, 1.82) is 0 Å². The lowest BCUT2D eigenvalue weighted by Crippen LogP contribution is -2.44. The number of piperidine rings is 1. The summed E-state index contributed by atoms with van der Waals surface area (Å²) in [6, 6.07) is 4.97. The third-order valence-corrected chi connectivity index (χ3v) is 6.92. The standard InChI is InChI=1S/C19H29FN4O3S.HI/c1-2-21-19(23-15-7-10-28(26,27)13-15)22-12-14-3-4-18(17(20)11-14)24-8-5-16(25)6-9-24;/h3-4,11,15-16,25H,2,5-10,12-13H2,1H3,(H2,21,22,23);1H. The minimum atomic E-state index is -2.96. The summed E-state index contributed by atoms with van der Waals surface area (Å²) in [6.45, 7) is 4.18. The molecule has 2 heterocycles. The van der Waals surface area contributed by atoms with E-state index in [1.165, 1.54) is 6.07 Å². The molecule has 0 spiro atoms. The minimum absolute atomic E-state index is 0. The smallest absolute Gasteiger partial charge is 0.191 e. The predicted molar refractivity (Wildman–Crippen MR) is 124 cm³/mol. The lowest BCUT2D eigenvalue weighted by molar-refractivity contribution is 0.145. The van der Waals surface area contributed by atoms with Gasteiger partial charge in [-0.3, -0.25) is 0 Å². The average Bonchev–Trinajstić information content (AvgIpc) is 2.99. The number of halogens is 2. The molecular formula is C19H30FIN4O3S. The van der Waals surface area contributed by atoms with Crippen molar-refractivity contribution < 1.29 is 17.9 Å². The van der Waals surface area contributed by atoms with E-state index in [2.05, 4.69) is 15.6 Å². The Labute approximate surface area is 189 Å². The van der Waals surface area contributed by atoms with E-state index in [0.717, 1.165) is 5.56 Å². The zero-order valence-electron chi connectivity index (χ0n) is 16.6. The van der Waals surface area contributed by atoms with Crippen LogP contribution in [-0.4, -0.2) is 62.8 Å². The first-order valence-corrected chi connectivity index (χ1v) is 11.6. The van der Waals surface area contributed by atoms with Crippen molar-refractivity contribution in [1.82, 2.24) is 10.6 Å². The molecule has 164 valence electrons. The Hall–Kier alpha value is -1.14. The summed E-state index contributed by atoms with van der Waals surface area (Å²) in [6.07, 6.45) is 1.58. The second kappa shape index (κ2) is 10.8. The van der Waals surface area contributed by atoms with Gasteiger partial charge in [-0.25, -0.2) is 17.8 Å². The molecule has 1 aromatic carbocycles. The van der Waals surface area contributed by atoms with Gasteiger partial charge in [0.2, 0.25) is 0 Å². The molecule has 2 saturated heterocycles. The topological polar surface area (TPSA) is 94.0 Å². The molecule has 0 amide bonds. The van der Waals surface area contributed by atoms with Crippen LogP contribution >= 0.6 is 24.0 Å². The van der Waals surface area contributed by atoms with Crippen LogP contribution in [0.5, 0.6) is 0 Å². The van der Waals surface area contributed by atoms with Gasteiger partial charge in [0.1, 0.15) is 5.82 Å². The molecule has 1 aromatic rings. The highest BCUT2D eigenvalue weighted by Gasteiger charge is 2.28. The van der Waals surface area contributed by atoms with Crippen molar-refractivity contribution >= 4 is 45.5 Å². The molecule has 1 unspecified atom stereocenters. The van der Waals surface area contributed by atoms with Crippen LogP contribution in [0.15, 0.2) is 23.2 Å². The molecule has 2 aliphatic rings. The number of aliphatic hydroxyl groups is 1. The van der Waals surface area contributed by atoms with E-state index < -0.39 is 9.84 Å². The van der Waals surface area contributed by atoms with Crippen LogP contribution in [0.25, 0.3) is 0 Å². The SMILES string of the molecule is CCNC(=NCc1ccc(N2CCC(O)CC2)c(F)c1)NC1CCS(=O)(=O)C1.I. The Morgan fingerprint density at radius 2 is 2.03 bits per heavy atom. The molecule has 3 rings (SSSR count). The Morgan fingerprint density at radius 3 is 2.62 bits per heavy atom. The highest BCUT2D eigenvalue weighted by atomic mass is 127. The number of rotatable bonds is 5. The van der Waals surface area contributed by atoms with E-state index in [4.69, 9.17) is 0 Å². The van der Waals surface area contributed by atoms with Crippen LogP contribution in [-0.2, 0) is 16.4 Å². The van der Waals surface area contributed by atoms with Crippen molar-refractivity contribution in [2.45, 2.75) is 44.9 Å². The van der Waals surface area contributed by atoms with E-state index in [-0.39, 0.29) is 53.4 Å². The number of guanidine groups is 1. The molecule has 0 saturated carbocycles. The van der Waals surface area contributed by atoms with Gasteiger partial charge in [0.25, 0.3) is 0 Å². The van der Waals surface area contributed by atoms with Gasteiger partial charge < -0.3 is 20.6 Å². The van der Waals surface area contributed by atoms with Crippen LogP contribution < -0.4 is 15.5 Å². The van der Waals surface area contributed by atoms with Gasteiger partial charge in [-0.1, -0.05) is 6.07 Å². The molecule has 2 fully saturated rings. The summed E-state index contributed by atoms with van der Waals surface area (Å²) < 4.78 is 37.8. The lowest BCUT2D eigenvalue weighted by Gasteiger charge is -2.31. The first-order valence-electron chi connectivity index (χ1n) is 9.83. The summed E-state index contributed by atoms with van der Waals surface area (Å²) >= 11 is 0. The van der Waals surface area contributed by atoms with Gasteiger partial charge in [-0.15, -0.1) is 24.0 Å². The molecule has 7 nitrogen and oxygen atoms in total. The van der Waals surface area contributed by atoms with Crippen molar-refractivity contribution in [3.63, 3.8) is 0 Å². The summed E-state index contributed by atoms with van der Waals surface area (Å²) in [7, 11) is -2.96. The van der Waals surface area contributed by atoms with Gasteiger partial charge >= 0.3 is 0 Å². The summed E-state index contributed by atoms with van der Waals surface area (Å²) in [4.78, 5) is 6.43. The van der Waals surface area contributed by atoms with Crippen LogP contribution in [0.3, 0.4) is 0 Å². The van der Waals surface area contributed by atoms with Gasteiger partial charge in [0.15, 0.2) is 15.8 Å². The Balaban J connectivity index is 0.00000300. The number of aliphatic hydroxyl groups excluding tert-OH is 1. The Bertz CT molecular complexity index is 814. The molecule has 0 aromatic heterocycles. The summed E-state index contributed by atoms with van der Waals surface area (Å²) in [5.74, 6) is 0.568. The quantitative estimate of drug-likeness (QED) is 0.299. The zero-order chi connectivity index (χ0) is 20.1. The maximum Gasteiger partial charge on any atom is 0.191 e. The maximum atomic E-state index is 14.6. The number of nitrogens with one attached hydrogen (secondary N) is 2. The molecule has 0 radical (unpaired) electrons. The second-order valence-electron chi connectivity index (χ2n) is 7.44. The van der Waals surface area contributed by atoms with Crippen molar-refractivity contribution in [3.8, 4) is 0 Å². The Kier molecular flexibility index (Phi) is 8.95. The van der Waals surface area contributed by atoms with Gasteiger partial charge in [0.05, 0.1) is 29.8 Å². The fourth-order valence-corrected chi connectivity index (χ4v) is 5.28. The lowest BCUT2D eigenvalue weighted by atomic mass is 10.1. The molecule has 10 heteroatoms. The average molecular weight is 540 g/mol. The summed E-state index contributed by atoms with van der Waals surface area (Å²) in [5, 5.41) is 15.9. The monoisotopic (exact) mass is 540 g/mol. The third kappa shape index (κ3) is 6.95. The number of anilines is 1. The van der Waals surface area contributed by atoms with Crippen LogP contribution in [0.1, 0.15) is 31.7 Å². The zero-order valence-corrected chi connectivity index (χ0v) is 19.8. The van der Waals surface area contributed by atoms with E-state index in [9.17, 15) is 17.9 Å². The van der Waals surface area contributed by atoms with E-state index >= 15 is 0 Å². The van der Waals surface area contributed by atoms with Crippen LogP contribution in [0.2, 0.25) is 0 Å². The number of benzene rings is 1. The number of aliphatic imine (C=N–C) groups is 1. The highest BCUT2D eigenvalue weighted by molar-refractivity contribution is 14.0. The van der Waals surface area contributed by atoms with Crippen molar-refractivity contribution in [2.24, 2.45) is 4.99 Å². The van der Waals surface area contributed by atoms with Gasteiger partial charge in [-0.05, 0) is 43.9 Å². The van der Waals surface area contributed by atoms with E-state index in [1.54, 1.807) is 6.07 Å². The molecular weight excluding hydrogens is 510 g/mol. The molecule has 0 aliphatic carbocycles. The predicted octanol–water partition coefficient (Wildman–Crippen LogP) is 1.65. The third-order valence-electron chi connectivity index (χ3n) is 5.15. The van der Waals surface area contributed by atoms with Gasteiger partial charge in [0, 0.05) is 25.7 Å². The molecule has 0 bridgehead atoms. The highest BCUT2D eigenvalue weighted by Crippen LogP contribution is 2.24. The van der Waals surface area contributed by atoms with E-state index in [0.29, 0.717) is 57.1 Å². The fourth-order valence-electron chi connectivity index (χ4n) is 3.60. The molecule has 1 atom stereocenters. The second-order valence-corrected chi connectivity index (χ2v) is 9.67. The number of nitrogens with zero attached hydrogens (tertiary/aromatic N) is 2. The fraction of sp³-hybridized carbons (Fsp3) is 0.632. The number of hydrogen-bond acceptors (Lipinski definition) is 5. The molecule has 2 aliphatic heterocycles. The first-order chi connectivity index (χ1) is 13.4. The van der Waals surface area contributed by atoms with Gasteiger partial charge in [-0.2, -0.15) is 0 Å².